The summed E-state index contributed by atoms with van der Waals surface area (Å²) < 4.78 is 21.8. The largest absolute Gasteiger partial charge is 0.394 e. The van der Waals surface area contributed by atoms with Crippen molar-refractivity contribution in [3.05, 3.63) is 0 Å². The van der Waals surface area contributed by atoms with Gasteiger partial charge in [-0.3, -0.25) is 9.59 Å². The van der Waals surface area contributed by atoms with Crippen LogP contribution in [0.25, 0.3) is 0 Å². The molecule has 2 saturated heterocycles. The maximum Gasteiger partial charge on any atom is 0.217 e. The van der Waals surface area contributed by atoms with Crippen LogP contribution in [0.5, 0.6) is 0 Å². The molecule has 2 heterocycles. The van der Waals surface area contributed by atoms with E-state index in [-0.39, 0.29) is 0 Å². The van der Waals surface area contributed by atoms with Crippen molar-refractivity contribution in [3.8, 4) is 0 Å². The lowest BCUT2D eigenvalue weighted by atomic mass is 9.94. The number of hydrogen-bond acceptors (Lipinski definition) is 11. The van der Waals surface area contributed by atoms with Gasteiger partial charge in [0, 0.05) is 21.0 Å². The van der Waals surface area contributed by atoms with Crippen LogP contribution in [0.1, 0.15) is 13.8 Å². The van der Waals surface area contributed by atoms with Crippen molar-refractivity contribution < 1.29 is 54.1 Å². The van der Waals surface area contributed by atoms with Gasteiger partial charge >= 0.3 is 0 Å². The first-order valence-corrected chi connectivity index (χ1v) is 9.43. The van der Waals surface area contributed by atoms with Gasteiger partial charge in [0.05, 0.1) is 13.2 Å². The van der Waals surface area contributed by atoms with Crippen molar-refractivity contribution in [1.82, 2.24) is 10.6 Å². The number of aliphatic hydroxyl groups is 5. The van der Waals surface area contributed by atoms with E-state index >= 15 is 0 Å². The van der Waals surface area contributed by atoms with Gasteiger partial charge in [-0.15, -0.1) is 0 Å². The quantitative estimate of drug-likeness (QED) is 0.202. The van der Waals surface area contributed by atoms with Gasteiger partial charge in [0.2, 0.25) is 11.8 Å². The molecular weight excluding hydrogens is 408 g/mol. The number of rotatable bonds is 7. The second-order valence-electron chi connectivity index (χ2n) is 7.21. The summed E-state index contributed by atoms with van der Waals surface area (Å²) in [5.41, 5.74) is 0. The minimum absolute atomic E-state index is 0.515. The van der Waals surface area contributed by atoms with Crippen LogP contribution >= 0.6 is 0 Å². The minimum Gasteiger partial charge on any atom is -0.394 e. The van der Waals surface area contributed by atoms with Gasteiger partial charge in [0.25, 0.3) is 0 Å². The van der Waals surface area contributed by atoms with Gasteiger partial charge in [0.15, 0.2) is 12.6 Å². The predicted octanol–water partition coefficient (Wildman–Crippen LogP) is -4.46. The number of hydrogen-bond donors (Lipinski definition) is 7. The standard InChI is InChI=1S/C17H30N2O11/c1-6(22)18-10-12(24)15(9(5-21)28-16(10)26)30-17-11(19-7(2)23)13(25)14(27-3)8(4-20)29-17/h8-17,20-21,24-26H,4-5H2,1-3H3,(H,18,22)(H,19,23)/t8?,9?,10-,11+,12?,13?,14+,15-,16+,17+/m0/s1. The third-order valence-electron chi connectivity index (χ3n) is 5.03. The van der Waals surface area contributed by atoms with Gasteiger partial charge in [-0.05, 0) is 0 Å². The normalized spacial score (nSPS) is 41.9. The molecule has 2 aliphatic rings. The highest BCUT2D eigenvalue weighted by atomic mass is 16.7. The second kappa shape index (κ2) is 10.7. The van der Waals surface area contributed by atoms with E-state index in [9.17, 15) is 35.1 Å². The third-order valence-corrected chi connectivity index (χ3v) is 5.03. The van der Waals surface area contributed by atoms with E-state index < -0.39 is 86.3 Å². The van der Waals surface area contributed by atoms with Crippen molar-refractivity contribution in [3.63, 3.8) is 0 Å². The van der Waals surface area contributed by atoms with Crippen LogP contribution in [0, 0.1) is 0 Å². The Kier molecular flexibility index (Phi) is 8.90. The topological polar surface area (TPSA) is 196 Å². The van der Waals surface area contributed by atoms with E-state index in [1.165, 1.54) is 21.0 Å². The summed E-state index contributed by atoms with van der Waals surface area (Å²) in [5.74, 6) is -1.06. The average Bonchev–Trinajstić information content (AvgIpc) is 2.68. The van der Waals surface area contributed by atoms with Gasteiger partial charge in [-0.2, -0.15) is 0 Å². The molecule has 0 aromatic rings. The third kappa shape index (κ3) is 5.43. The van der Waals surface area contributed by atoms with Crippen LogP contribution in [0.15, 0.2) is 0 Å². The Balaban J connectivity index is 2.28. The molecule has 0 saturated carbocycles. The molecular formula is C17H30N2O11. The first-order chi connectivity index (χ1) is 14.1. The van der Waals surface area contributed by atoms with Crippen LogP contribution in [0.2, 0.25) is 0 Å². The molecule has 0 bridgehead atoms. The minimum atomic E-state index is -1.62. The molecule has 2 fully saturated rings. The molecule has 0 spiro atoms. The number of nitrogens with one attached hydrogen (secondary N) is 2. The van der Waals surface area contributed by atoms with Crippen molar-refractivity contribution in [2.24, 2.45) is 0 Å². The number of ether oxygens (including phenoxy) is 4. The van der Waals surface area contributed by atoms with E-state index in [0.717, 1.165) is 0 Å². The summed E-state index contributed by atoms with van der Waals surface area (Å²) in [6.07, 6.45) is -10.4. The molecule has 13 nitrogen and oxygen atoms in total. The molecule has 2 aliphatic heterocycles. The highest BCUT2D eigenvalue weighted by molar-refractivity contribution is 5.73. The number of carbonyl (C=O) groups is 2. The maximum atomic E-state index is 11.6. The molecule has 0 aromatic heterocycles. The van der Waals surface area contributed by atoms with Gasteiger partial charge < -0.3 is 55.1 Å². The zero-order chi connectivity index (χ0) is 22.6. The fraction of sp³-hybridized carbons (Fsp3) is 0.882. The van der Waals surface area contributed by atoms with E-state index in [2.05, 4.69) is 10.6 Å². The molecule has 10 atom stereocenters. The van der Waals surface area contributed by atoms with Crippen LogP contribution in [0.3, 0.4) is 0 Å². The van der Waals surface area contributed by atoms with E-state index in [1.54, 1.807) is 0 Å². The van der Waals surface area contributed by atoms with Crippen molar-refractivity contribution >= 4 is 11.8 Å². The summed E-state index contributed by atoms with van der Waals surface area (Å²) >= 11 is 0. The van der Waals surface area contributed by atoms with E-state index in [4.69, 9.17) is 18.9 Å². The highest BCUT2D eigenvalue weighted by Gasteiger charge is 2.51. The van der Waals surface area contributed by atoms with Crippen molar-refractivity contribution in [1.29, 1.82) is 0 Å². The lowest BCUT2D eigenvalue weighted by Crippen LogP contribution is -2.69. The number of aliphatic hydroxyl groups excluding tert-OH is 5. The Labute approximate surface area is 172 Å². The SMILES string of the molecule is CO[C@@H]1C(CO)O[C@H](O[C@H]2C(CO)O[C@@H](O)[C@@H](NC(C)=O)C2O)[C@H](NC(C)=O)C1O. The Morgan fingerprint density at radius 2 is 1.37 bits per heavy atom. The molecule has 2 rings (SSSR count). The molecule has 13 heteroatoms. The molecule has 30 heavy (non-hydrogen) atoms. The summed E-state index contributed by atoms with van der Waals surface area (Å²) in [5, 5.41) is 55.3. The molecule has 0 radical (unpaired) electrons. The number of methoxy groups -OCH3 is 1. The number of carbonyl (C=O) groups excluding carboxylic acids is 2. The Morgan fingerprint density at radius 1 is 0.867 bits per heavy atom. The molecule has 0 aromatic carbocycles. The smallest absolute Gasteiger partial charge is 0.217 e. The molecule has 2 amide bonds. The Bertz CT molecular complexity index is 594. The molecule has 0 aliphatic carbocycles. The molecule has 7 N–H and O–H groups in total. The van der Waals surface area contributed by atoms with Gasteiger partial charge in [-0.1, -0.05) is 0 Å². The Morgan fingerprint density at radius 3 is 1.87 bits per heavy atom. The summed E-state index contributed by atoms with van der Waals surface area (Å²) in [7, 11) is 1.30. The van der Waals surface area contributed by atoms with Crippen LogP contribution in [-0.4, -0.2) is 119 Å². The first-order valence-electron chi connectivity index (χ1n) is 9.43. The summed E-state index contributed by atoms with van der Waals surface area (Å²) in [6.45, 7) is 1.19. The monoisotopic (exact) mass is 438 g/mol. The number of amides is 2. The highest BCUT2D eigenvalue weighted by Crippen LogP contribution is 2.29. The van der Waals surface area contributed by atoms with Crippen molar-refractivity contribution in [2.75, 3.05) is 20.3 Å². The van der Waals surface area contributed by atoms with Gasteiger partial charge in [-0.25, -0.2) is 0 Å². The fourth-order valence-corrected chi connectivity index (χ4v) is 3.66. The lowest BCUT2D eigenvalue weighted by molar-refractivity contribution is -0.329. The lowest BCUT2D eigenvalue weighted by Gasteiger charge is -2.47. The van der Waals surface area contributed by atoms with Crippen LogP contribution in [-0.2, 0) is 28.5 Å². The zero-order valence-electron chi connectivity index (χ0n) is 16.9. The van der Waals surface area contributed by atoms with Crippen LogP contribution in [0.4, 0.5) is 0 Å². The van der Waals surface area contributed by atoms with Gasteiger partial charge in [0.1, 0.15) is 48.7 Å². The summed E-state index contributed by atoms with van der Waals surface area (Å²) in [4.78, 5) is 23.0. The first kappa shape index (κ1) is 24.8. The van der Waals surface area contributed by atoms with Crippen LogP contribution < -0.4 is 10.6 Å². The molecule has 174 valence electrons. The average molecular weight is 438 g/mol. The molecule has 4 unspecified atom stereocenters. The maximum absolute atomic E-state index is 11.6. The fourth-order valence-electron chi connectivity index (χ4n) is 3.66. The van der Waals surface area contributed by atoms with Crippen molar-refractivity contribution in [2.45, 2.75) is 75.1 Å². The van der Waals surface area contributed by atoms with E-state index in [1.807, 2.05) is 0 Å². The Hall–Kier alpha value is -1.42. The predicted molar refractivity (Wildman–Crippen MR) is 96.6 cm³/mol. The second-order valence-corrected chi connectivity index (χ2v) is 7.21. The van der Waals surface area contributed by atoms with E-state index in [0.29, 0.717) is 0 Å². The summed E-state index contributed by atoms with van der Waals surface area (Å²) in [6, 6.07) is -2.43. The zero-order valence-corrected chi connectivity index (χ0v) is 16.9.